The molecule has 0 saturated heterocycles. The van der Waals surface area contributed by atoms with Crippen molar-refractivity contribution in [2.75, 3.05) is 0 Å². The Morgan fingerprint density at radius 1 is 1.19 bits per heavy atom. The van der Waals surface area contributed by atoms with Crippen molar-refractivity contribution in [2.45, 2.75) is 53.2 Å². The summed E-state index contributed by atoms with van der Waals surface area (Å²) in [5.41, 5.74) is 6.83. The molecule has 0 bridgehead atoms. The fourth-order valence-corrected chi connectivity index (χ4v) is 1.64. The van der Waals surface area contributed by atoms with Crippen LogP contribution in [0, 0.1) is 13.8 Å². The molecule has 90 valence electrons. The molecular formula is C14H23NO. The molecule has 1 aromatic rings. The first-order valence-corrected chi connectivity index (χ1v) is 5.80. The minimum absolute atomic E-state index is 0.160. The molecule has 2 heteroatoms. The molecule has 0 radical (unpaired) electrons. The van der Waals surface area contributed by atoms with E-state index in [0.29, 0.717) is 0 Å². The normalized spacial score (nSPS) is 13.9. The van der Waals surface area contributed by atoms with E-state index >= 15 is 0 Å². The second-order valence-corrected chi connectivity index (χ2v) is 5.41. The van der Waals surface area contributed by atoms with Crippen LogP contribution in [0.5, 0.6) is 0 Å². The maximum absolute atomic E-state index is 5.58. The lowest BCUT2D eigenvalue weighted by Crippen LogP contribution is -2.31. The fraction of sp³-hybridized carbons (Fsp3) is 0.571. The molecule has 1 aromatic carbocycles. The molecule has 0 fully saturated rings. The maximum atomic E-state index is 5.58. The van der Waals surface area contributed by atoms with Crippen LogP contribution in [0.15, 0.2) is 18.2 Å². The Labute approximate surface area is 99.0 Å². The van der Waals surface area contributed by atoms with Crippen molar-refractivity contribution in [3.05, 3.63) is 34.9 Å². The molecule has 16 heavy (non-hydrogen) atoms. The molecule has 0 aromatic heterocycles. The second kappa shape index (κ2) is 4.98. The van der Waals surface area contributed by atoms with Crippen molar-refractivity contribution in [3.8, 4) is 0 Å². The first kappa shape index (κ1) is 13.2. The molecule has 0 amide bonds. The summed E-state index contributed by atoms with van der Waals surface area (Å²) in [6.07, 6.45) is 0. The molecule has 1 rings (SSSR count). The van der Waals surface area contributed by atoms with Gasteiger partial charge in [0.25, 0.3) is 0 Å². The summed E-state index contributed by atoms with van der Waals surface area (Å²) in [5, 5.41) is 0. The first-order valence-electron chi connectivity index (χ1n) is 5.80. The Morgan fingerprint density at radius 2 is 1.81 bits per heavy atom. The smallest absolute Gasteiger partial charge is 0.0813 e. The van der Waals surface area contributed by atoms with E-state index < -0.39 is 0 Å². The highest BCUT2D eigenvalue weighted by Crippen LogP contribution is 2.19. The monoisotopic (exact) mass is 221 g/mol. The number of benzene rings is 1. The Bertz CT molecular complexity index is 352. The minimum Gasteiger partial charge on any atom is -0.296 e. The van der Waals surface area contributed by atoms with Crippen molar-refractivity contribution < 1.29 is 4.84 Å². The van der Waals surface area contributed by atoms with Crippen molar-refractivity contribution in [1.29, 1.82) is 0 Å². The van der Waals surface area contributed by atoms with E-state index in [1.54, 1.807) is 0 Å². The van der Waals surface area contributed by atoms with Gasteiger partial charge in [-0.25, -0.2) is 0 Å². The van der Waals surface area contributed by atoms with Gasteiger partial charge in [-0.05, 0) is 52.7 Å². The first-order chi connectivity index (χ1) is 7.29. The van der Waals surface area contributed by atoms with Gasteiger partial charge in [-0.1, -0.05) is 23.8 Å². The van der Waals surface area contributed by atoms with E-state index in [9.17, 15) is 0 Å². The molecule has 0 saturated carbocycles. The predicted octanol–water partition coefficient (Wildman–Crippen LogP) is 3.68. The third-order valence-electron chi connectivity index (χ3n) is 2.43. The van der Waals surface area contributed by atoms with Gasteiger partial charge in [0.05, 0.1) is 11.6 Å². The molecule has 0 spiro atoms. The lowest BCUT2D eigenvalue weighted by molar-refractivity contribution is -0.0867. The molecule has 0 aliphatic heterocycles. The number of rotatable bonds is 3. The third kappa shape index (κ3) is 3.95. The Morgan fingerprint density at radius 3 is 2.31 bits per heavy atom. The van der Waals surface area contributed by atoms with Gasteiger partial charge in [0, 0.05) is 0 Å². The molecule has 1 unspecified atom stereocenters. The summed E-state index contributed by atoms with van der Waals surface area (Å²) < 4.78 is 0. The number of hydroxylamine groups is 1. The van der Waals surface area contributed by atoms with Crippen molar-refractivity contribution in [2.24, 2.45) is 0 Å². The largest absolute Gasteiger partial charge is 0.296 e. The maximum Gasteiger partial charge on any atom is 0.0813 e. The summed E-state index contributed by atoms with van der Waals surface area (Å²) in [4.78, 5) is 5.58. The summed E-state index contributed by atoms with van der Waals surface area (Å²) in [6, 6.07) is 6.70. The topological polar surface area (TPSA) is 21.3 Å². The number of hydrogen-bond acceptors (Lipinski definition) is 2. The van der Waals surface area contributed by atoms with Crippen LogP contribution in [0.2, 0.25) is 0 Å². The zero-order valence-corrected chi connectivity index (χ0v) is 11.2. The second-order valence-electron chi connectivity index (χ2n) is 5.41. The molecule has 0 aliphatic rings. The highest BCUT2D eigenvalue weighted by molar-refractivity contribution is 5.32. The van der Waals surface area contributed by atoms with Crippen LogP contribution < -0.4 is 5.48 Å². The van der Waals surface area contributed by atoms with Gasteiger partial charge in [0.1, 0.15) is 0 Å². The SMILES string of the molecule is Cc1ccc(C(C)NOC(C)(C)C)c(C)c1. The van der Waals surface area contributed by atoms with E-state index in [1.807, 2.05) is 20.8 Å². The van der Waals surface area contributed by atoms with Gasteiger partial charge in [0.2, 0.25) is 0 Å². The summed E-state index contributed by atoms with van der Waals surface area (Å²) in [6.45, 7) is 12.5. The Balaban J connectivity index is 2.70. The van der Waals surface area contributed by atoms with Gasteiger partial charge >= 0.3 is 0 Å². The zero-order valence-electron chi connectivity index (χ0n) is 11.2. The van der Waals surface area contributed by atoms with E-state index in [4.69, 9.17) is 4.84 Å². The summed E-state index contributed by atoms with van der Waals surface area (Å²) >= 11 is 0. The third-order valence-corrected chi connectivity index (χ3v) is 2.43. The van der Waals surface area contributed by atoms with Gasteiger partial charge < -0.3 is 0 Å². The van der Waals surface area contributed by atoms with Crippen LogP contribution >= 0.6 is 0 Å². The van der Waals surface area contributed by atoms with Crippen LogP contribution in [-0.4, -0.2) is 5.60 Å². The standard InChI is InChI=1S/C14H23NO/c1-10-7-8-13(11(2)9-10)12(3)15-16-14(4,5)6/h7-9,12,15H,1-6H3. The Hall–Kier alpha value is -0.860. The molecule has 0 aliphatic carbocycles. The average Bonchev–Trinajstić information content (AvgIpc) is 2.13. The molecule has 1 N–H and O–H groups in total. The fourth-order valence-electron chi connectivity index (χ4n) is 1.64. The van der Waals surface area contributed by atoms with Gasteiger partial charge in [0.15, 0.2) is 0 Å². The lowest BCUT2D eigenvalue weighted by atomic mass is 10.0. The van der Waals surface area contributed by atoms with Gasteiger partial charge in [-0.2, -0.15) is 5.48 Å². The van der Waals surface area contributed by atoms with Crippen LogP contribution in [0.4, 0.5) is 0 Å². The predicted molar refractivity (Wildman–Crippen MR) is 68.3 cm³/mol. The van der Waals surface area contributed by atoms with Crippen LogP contribution in [0.3, 0.4) is 0 Å². The number of aryl methyl sites for hydroxylation is 2. The van der Waals surface area contributed by atoms with Crippen LogP contribution in [-0.2, 0) is 4.84 Å². The van der Waals surface area contributed by atoms with E-state index in [2.05, 4.69) is 44.5 Å². The van der Waals surface area contributed by atoms with Gasteiger partial charge in [-0.3, -0.25) is 4.84 Å². The van der Waals surface area contributed by atoms with Crippen LogP contribution in [0.25, 0.3) is 0 Å². The molecule has 0 heterocycles. The molecule has 1 atom stereocenters. The minimum atomic E-state index is -0.160. The van der Waals surface area contributed by atoms with E-state index in [-0.39, 0.29) is 11.6 Å². The highest BCUT2D eigenvalue weighted by Gasteiger charge is 2.14. The molecule has 2 nitrogen and oxygen atoms in total. The van der Waals surface area contributed by atoms with Gasteiger partial charge in [-0.15, -0.1) is 0 Å². The molecular weight excluding hydrogens is 198 g/mol. The number of nitrogens with one attached hydrogen (secondary N) is 1. The zero-order chi connectivity index (χ0) is 12.3. The average molecular weight is 221 g/mol. The van der Waals surface area contributed by atoms with Crippen molar-refractivity contribution in [3.63, 3.8) is 0 Å². The van der Waals surface area contributed by atoms with Crippen molar-refractivity contribution in [1.82, 2.24) is 5.48 Å². The highest BCUT2D eigenvalue weighted by atomic mass is 16.7. The summed E-state index contributed by atoms with van der Waals surface area (Å²) in [7, 11) is 0. The quantitative estimate of drug-likeness (QED) is 0.786. The van der Waals surface area contributed by atoms with Crippen molar-refractivity contribution >= 4 is 0 Å². The lowest BCUT2D eigenvalue weighted by Gasteiger charge is -2.24. The van der Waals surface area contributed by atoms with Crippen LogP contribution in [0.1, 0.15) is 50.4 Å². The van der Waals surface area contributed by atoms with E-state index in [0.717, 1.165) is 0 Å². The van der Waals surface area contributed by atoms with E-state index in [1.165, 1.54) is 16.7 Å². The Kier molecular flexibility index (Phi) is 4.11. The summed E-state index contributed by atoms with van der Waals surface area (Å²) in [5.74, 6) is 0. The number of hydrogen-bond donors (Lipinski definition) is 1.